The molecule has 7 heteroatoms. The van der Waals surface area contributed by atoms with Crippen LogP contribution < -0.4 is 10.6 Å². The van der Waals surface area contributed by atoms with Crippen molar-refractivity contribution in [3.63, 3.8) is 0 Å². The quantitative estimate of drug-likeness (QED) is 0.876. The summed E-state index contributed by atoms with van der Waals surface area (Å²) in [7, 11) is 0. The van der Waals surface area contributed by atoms with Crippen molar-refractivity contribution in [3.8, 4) is 0 Å². The Morgan fingerprint density at radius 1 is 1.29 bits per heavy atom. The fourth-order valence-electron chi connectivity index (χ4n) is 2.40. The van der Waals surface area contributed by atoms with Gasteiger partial charge < -0.3 is 10.6 Å². The highest BCUT2D eigenvalue weighted by Crippen LogP contribution is 2.34. The first kappa shape index (κ1) is 17.8. The summed E-state index contributed by atoms with van der Waals surface area (Å²) in [5, 5.41) is 5.77. The number of piperidine rings is 1. The van der Waals surface area contributed by atoms with Crippen LogP contribution in [0.5, 0.6) is 0 Å². The van der Waals surface area contributed by atoms with Gasteiger partial charge in [-0.3, -0.25) is 4.79 Å². The second-order valence-electron chi connectivity index (χ2n) is 4.99. The maximum atomic E-state index is 12.8. The molecular formula is C14H18ClF3N2O. The lowest BCUT2D eigenvalue weighted by molar-refractivity contribution is -0.138. The van der Waals surface area contributed by atoms with E-state index in [1.165, 1.54) is 19.1 Å². The Morgan fingerprint density at radius 2 is 1.90 bits per heavy atom. The molecule has 0 aromatic heterocycles. The Labute approximate surface area is 127 Å². The molecule has 1 aliphatic rings. The summed E-state index contributed by atoms with van der Waals surface area (Å²) in [4.78, 5) is 12.1. The van der Waals surface area contributed by atoms with Gasteiger partial charge >= 0.3 is 6.18 Å². The summed E-state index contributed by atoms with van der Waals surface area (Å²) in [6.07, 6.45) is -2.98. The van der Waals surface area contributed by atoms with Crippen LogP contribution >= 0.6 is 12.4 Å². The predicted octanol–water partition coefficient (Wildman–Crippen LogP) is 3.37. The third-order valence-corrected chi connectivity index (χ3v) is 3.61. The van der Waals surface area contributed by atoms with Crippen molar-refractivity contribution < 1.29 is 18.0 Å². The predicted molar refractivity (Wildman–Crippen MR) is 77.7 cm³/mol. The van der Waals surface area contributed by atoms with Gasteiger partial charge in [0.05, 0.1) is 5.56 Å². The summed E-state index contributed by atoms with van der Waals surface area (Å²) in [5.41, 5.74) is -0.411. The number of anilines is 1. The molecule has 1 amide bonds. The summed E-state index contributed by atoms with van der Waals surface area (Å²) in [5.74, 6) is -0.334. The number of nitrogens with one attached hydrogen (secondary N) is 2. The standard InChI is InChI=1S/C14H17F3N2O.ClH/c1-9-11(14(15,16)17)3-2-4-12(9)19-13(20)10-5-7-18-8-6-10;/h2-4,10,18H,5-8H2,1H3,(H,19,20);1H. The van der Waals surface area contributed by atoms with Crippen LogP contribution in [0.3, 0.4) is 0 Å². The summed E-state index contributed by atoms with van der Waals surface area (Å²) in [6.45, 7) is 2.90. The van der Waals surface area contributed by atoms with Crippen LogP contribution in [0, 0.1) is 12.8 Å². The minimum absolute atomic E-state index is 0. The van der Waals surface area contributed by atoms with Gasteiger partial charge in [0, 0.05) is 11.6 Å². The highest BCUT2D eigenvalue weighted by atomic mass is 35.5. The topological polar surface area (TPSA) is 41.1 Å². The van der Waals surface area contributed by atoms with E-state index >= 15 is 0 Å². The Kier molecular flexibility index (Phi) is 6.04. The molecule has 0 saturated carbocycles. The fourth-order valence-corrected chi connectivity index (χ4v) is 2.40. The van der Waals surface area contributed by atoms with Crippen molar-refractivity contribution >= 4 is 24.0 Å². The molecule has 3 nitrogen and oxygen atoms in total. The molecule has 0 spiro atoms. The van der Waals surface area contributed by atoms with E-state index < -0.39 is 11.7 Å². The second-order valence-corrected chi connectivity index (χ2v) is 4.99. The lowest BCUT2D eigenvalue weighted by Gasteiger charge is -2.22. The van der Waals surface area contributed by atoms with Crippen LogP contribution in [-0.2, 0) is 11.0 Å². The number of amides is 1. The fraction of sp³-hybridized carbons (Fsp3) is 0.500. The van der Waals surface area contributed by atoms with Gasteiger partial charge in [-0.05, 0) is 50.6 Å². The van der Waals surface area contributed by atoms with Crippen molar-refractivity contribution in [2.45, 2.75) is 25.9 Å². The zero-order chi connectivity index (χ0) is 14.8. The van der Waals surface area contributed by atoms with Gasteiger partial charge in [-0.2, -0.15) is 13.2 Å². The molecule has 1 fully saturated rings. The molecule has 1 saturated heterocycles. The van der Waals surface area contributed by atoms with E-state index in [2.05, 4.69) is 10.6 Å². The van der Waals surface area contributed by atoms with Gasteiger partial charge in [0.15, 0.2) is 0 Å². The van der Waals surface area contributed by atoms with E-state index in [0.717, 1.165) is 19.2 Å². The number of rotatable bonds is 2. The Balaban J connectivity index is 0.00000220. The lowest BCUT2D eigenvalue weighted by Crippen LogP contribution is -2.34. The average molecular weight is 323 g/mol. The van der Waals surface area contributed by atoms with Gasteiger partial charge in [0.25, 0.3) is 0 Å². The smallest absolute Gasteiger partial charge is 0.326 e. The van der Waals surface area contributed by atoms with Gasteiger partial charge in [-0.25, -0.2) is 0 Å². The van der Waals surface area contributed by atoms with E-state index in [9.17, 15) is 18.0 Å². The molecule has 0 unspecified atom stereocenters. The number of halogens is 4. The summed E-state index contributed by atoms with van der Waals surface area (Å²) >= 11 is 0. The largest absolute Gasteiger partial charge is 0.416 e. The maximum Gasteiger partial charge on any atom is 0.416 e. The summed E-state index contributed by atoms with van der Waals surface area (Å²) < 4.78 is 38.4. The van der Waals surface area contributed by atoms with Crippen LogP contribution in [0.1, 0.15) is 24.0 Å². The molecular weight excluding hydrogens is 305 g/mol. The minimum Gasteiger partial charge on any atom is -0.326 e. The zero-order valence-corrected chi connectivity index (χ0v) is 12.4. The Hall–Kier alpha value is -1.27. The van der Waals surface area contributed by atoms with Crippen molar-refractivity contribution in [2.24, 2.45) is 5.92 Å². The van der Waals surface area contributed by atoms with Crippen LogP contribution in [0.4, 0.5) is 18.9 Å². The number of hydrogen-bond donors (Lipinski definition) is 2. The van der Waals surface area contributed by atoms with E-state index in [-0.39, 0.29) is 35.5 Å². The second kappa shape index (κ2) is 7.13. The van der Waals surface area contributed by atoms with Crippen molar-refractivity contribution in [1.82, 2.24) is 5.32 Å². The Morgan fingerprint density at radius 3 is 2.48 bits per heavy atom. The van der Waals surface area contributed by atoms with Crippen molar-refractivity contribution in [1.29, 1.82) is 0 Å². The molecule has 1 heterocycles. The van der Waals surface area contributed by atoms with Gasteiger partial charge in [-0.15, -0.1) is 12.4 Å². The first-order valence-electron chi connectivity index (χ1n) is 6.58. The minimum atomic E-state index is -4.40. The molecule has 1 aromatic carbocycles. The van der Waals surface area contributed by atoms with E-state index in [4.69, 9.17) is 0 Å². The van der Waals surface area contributed by atoms with E-state index in [0.29, 0.717) is 12.8 Å². The molecule has 0 aliphatic carbocycles. The van der Waals surface area contributed by atoms with Crippen LogP contribution in [0.15, 0.2) is 18.2 Å². The molecule has 0 atom stereocenters. The van der Waals surface area contributed by atoms with Gasteiger partial charge in [0.1, 0.15) is 0 Å². The van der Waals surface area contributed by atoms with Gasteiger partial charge in [0.2, 0.25) is 5.91 Å². The van der Waals surface area contributed by atoms with Crippen LogP contribution in [-0.4, -0.2) is 19.0 Å². The third kappa shape index (κ3) is 4.35. The third-order valence-electron chi connectivity index (χ3n) is 3.61. The molecule has 1 aliphatic heterocycles. The molecule has 118 valence electrons. The van der Waals surface area contributed by atoms with Crippen LogP contribution in [0.25, 0.3) is 0 Å². The first-order valence-corrected chi connectivity index (χ1v) is 6.58. The number of alkyl halides is 3. The molecule has 21 heavy (non-hydrogen) atoms. The van der Waals surface area contributed by atoms with E-state index in [1.54, 1.807) is 0 Å². The monoisotopic (exact) mass is 322 g/mol. The molecule has 0 bridgehead atoms. The molecule has 2 N–H and O–H groups in total. The number of carbonyl (C=O) groups is 1. The molecule has 2 rings (SSSR count). The van der Waals surface area contributed by atoms with Crippen molar-refractivity contribution in [3.05, 3.63) is 29.3 Å². The first-order chi connectivity index (χ1) is 9.39. The highest BCUT2D eigenvalue weighted by molar-refractivity contribution is 5.93. The maximum absolute atomic E-state index is 12.8. The van der Waals surface area contributed by atoms with Gasteiger partial charge in [-0.1, -0.05) is 6.07 Å². The zero-order valence-electron chi connectivity index (χ0n) is 11.6. The highest BCUT2D eigenvalue weighted by Gasteiger charge is 2.33. The number of benzene rings is 1. The average Bonchev–Trinajstić information content (AvgIpc) is 2.40. The molecule has 1 aromatic rings. The SMILES string of the molecule is Cc1c(NC(=O)C2CCNCC2)cccc1C(F)(F)F.Cl. The number of hydrogen-bond acceptors (Lipinski definition) is 2. The van der Waals surface area contributed by atoms with Crippen molar-refractivity contribution in [2.75, 3.05) is 18.4 Å². The van der Waals surface area contributed by atoms with E-state index in [1.807, 2.05) is 0 Å². The lowest BCUT2D eigenvalue weighted by atomic mass is 9.97. The van der Waals surface area contributed by atoms with Crippen LogP contribution in [0.2, 0.25) is 0 Å². The Bertz CT molecular complexity index is 499. The normalized spacial score (nSPS) is 16.2. The molecule has 0 radical (unpaired) electrons. The number of carbonyl (C=O) groups excluding carboxylic acids is 1. The summed E-state index contributed by atoms with van der Waals surface area (Å²) in [6, 6.07) is 3.84.